The highest BCUT2D eigenvalue weighted by Gasteiger charge is 2.03. The molecule has 0 fully saturated rings. The first-order chi connectivity index (χ1) is 7.74. The van der Waals surface area contributed by atoms with Crippen LogP contribution >= 0.6 is 11.8 Å². The third kappa shape index (κ3) is 8.61. The summed E-state index contributed by atoms with van der Waals surface area (Å²) in [6, 6.07) is 0.261. The van der Waals surface area contributed by atoms with Gasteiger partial charge in [-0.25, -0.2) is 0 Å². The van der Waals surface area contributed by atoms with Crippen molar-refractivity contribution in [2.24, 2.45) is 4.99 Å². The molecule has 0 bridgehead atoms. The van der Waals surface area contributed by atoms with E-state index in [0.717, 1.165) is 24.0 Å². The van der Waals surface area contributed by atoms with E-state index in [1.165, 1.54) is 0 Å². The molecule has 94 valence electrons. The number of hydrogen-bond donors (Lipinski definition) is 2. The molecular formula is C11H23N3OS. The van der Waals surface area contributed by atoms with Gasteiger partial charge in [0.15, 0.2) is 5.96 Å². The molecule has 0 aromatic carbocycles. The predicted molar refractivity (Wildman–Crippen MR) is 73.4 cm³/mol. The zero-order valence-electron chi connectivity index (χ0n) is 10.5. The Morgan fingerprint density at radius 3 is 2.94 bits per heavy atom. The average Bonchev–Trinajstić information content (AvgIpc) is 2.27. The van der Waals surface area contributed by atoms with E-state index in [9.17, 15) is 0 Å². The number of rotatable bonds is 8. The number of hydrogen-bond acceptors (Lipinski definition) is 3. The maximum atomic E-state index is 5.05. The van der Waals surface area contributed by atoms with Gasteiger partial charge in [0, 0.05) is 38.2 Å². The van der Waals surface area contributed by atoms with Crippen LogP contribution in [0, 0.1) is 0 Å². The molecule has 0 aromatic rings. The lowest BCUT2D eigenvalue weighted by molar-refractivity contribution is 0.179. The standard InChI is InChI=1S/C11H23N3OS/c1-5-7-16-8-6-13-11(12-3)14-10(2)9-15-4/h5,10H,1,6-9H2,2-4H3,(H2,12,13,14). The Balaban J connectivity index is 3.63. The number of aliphatic imine (C=N–C) groups is 1. The Labute approximate surface area is 103 Å². The van der Waals surface area contributed by atoms with Gasteiger partial charge in [-0.15, -0.1) is 6.58 Å². The molecule has 0 rings (SSSR count). The molecule has 0 radical (unpaired) electrons. The molecule has 0 saturated heterocycles. The molecule has 2 N–H and O–H groups in total. The highest BCUT2D eigenvalue weighted by Crippen LogP contribution is 1.96. The fraction of sp³-hybridized carbons (Fsp3) is 0.727. The fourth-order valence-corrected chi connectivity index (χ4v) is 1.71. The van der Waals surface area contributed by atoms with Gasteiger partial charge in [0.05, 0.1) is 6.61 Å². The van der Waals surface area contributed by atoms with Gasteiger partial charge in [0.2, 0.25) is 0 Å². The minimum absolute atomic E-state index is 0.261. The number of ether oxygens (including phenoxy) is 1. The second kappa shape index (κ2) is 10.8. The normalized spacial score (nSPS) is 13.3. The van der Waals surface area contributed by atoms with Crippen molar-refractivity contribution in [3.63, 3.8) is 0 Å². The second-order valence-corrected chi connectivity index (χ2v) is 4.51. The van der Waals surface area contributed by atoms with E-state index in [4.69, 9.17) is 4.74 Å². The van der Waals surface area contributed by atoms with Crippen molar-refractivity contribution in [1.82, 2.24) is 10.6 Å². The highest BCUT2D eigenvalue weighted by molar-refractivity contribution is 7.99. The Kier molecular flexibility index (Phi) is 10.4. The Morgan fingerprint density at radius 1 is 1.62 bits per heavy atom. The van der Waals surface area contributed by atoms with Crippen molar-refractivity contribution in [2.45, 2.75) is 13.0 Å². The molecular weight excluding hydrogens is 222 g/mol. The molecule has 0 aliphatic heterocycles. The van der Waals surface area contributed by atoms with E-state index in [1.54, 1.807) is 14.2 Å². The first-order valence-electron chi connectivity index (χ1n) is 5.39. The fourth-order valence-electron chi connectivity index (χ4n) is 1.13. The minimum atomic E-state index is 0.261. The van der Waals surface area contributed by atoms with Crippen LogP contribution in [0.15, 0.2) is 17.6 Å². The van der Waals surface area contributed by atoms with Gasteiger partial charge in [-0.2, -0.15) is 11.8 Å². The van der Waals surface area contributed by atoms with E-state index >= 15 is 0 Å². The van der Waals surface area contributed by atoms with Gasteiger partial charge < -0.3 is 15.4 Å². The van der Waals surface area contributed by atoms with Gasteiger partial charge >= 0.3 is 0 Å². The largest absolute Gasteiger partial charge is 0.383 e. The Bertz CT molecular complexity index is 209. The van der Waals surface area contributed by atoms with Crippen LogP contribution in [0.5, 0.6) is 0 Å². The third-order valence-corrected chi connectivity index (χ3v) is 2.76. The Hall–Kier alpha value is -0.680. The van der Waals surface area contributed by atoms with Crippen LogP contribution in [-0.4, -0.2) is 50.8 Å². The van der Waals surface area contributed by atoms with Gasteiger partial charge in [-0.3, -0.25) is 4.99 Å². The van der Waals surface area contributed by atoms with Crippen molar-refractivity contribution < 1.29 is 4.74 Å². The zero-order valence-corrected chi connectivity index (χ0v) is 11.3. The molecule has 0 amide bonds. The average molecular weight is 245 g/mol. The molecule has 0 aromatic heterocycles. The predicted octanol–water partition coefficient (Wildman–Crippen LogP) is 1.11. The van der Waals surface area contributed by atoms with Crippen molar-refractivity contribution in [3.8, 4) is 0 Å². The quantitative estimate of drug-likeness (QED) is 0.291. The number of nitrogens with zero attached hydrogens (tertiary/aromatic N) is 1. The van der Waals surface area contributed by atoms with Crippen molar-refractivity contribution in [2.75, 3.05) is 38.8 Å². The molecule has 0 aliphatic rings. The summed E-state index contributed by atoms with van der Waals surface area (Å²) >= 11 is 1.85. The van der Waals surface area contributed by atoms with Crippen LogP contribution in [0.4, 0.5) is 0 Å². The van der Waals surface area contributed by atoms with E-state index in [1.807, 2.05) is 17.8 Å². The van der Waals surface area contributed by atoms with Crippen molar-refractivity contribution in [3.05, 3.63) is 12.7 Å². The highest BCUT2D eigenvalue weighted by atomic mass is 32.2. The zero-order chi connectivity index (χ0) is 12.2. The molecule has 1 unspecified atom stereocenters. The summed E-state index contributed by atoms with van der Waals surface area (Å²) in [6.45, 7) is 7.31. The first-order valence-corrected chi connectivity index (χ1v) is 6.54. The topological polar surface area (TPSA) is 45.7 Å². The summed E-state index contributed by atoms with van der Waals surface area (Å²) in [5.74, 6) is 2.86. The van der Waals surface area contributed by atoms with Crippen LogP contribution in [0.3, 0.4) is 0 Å². The lowest BCUT2D eigenvalue weighted by Gasteiger charge is -2.16. The monoisotopic (exact) mass is 245 g/mol. The number of guanidine groups is 1. The van der Waals surface area contributed by atoms with Crippen LogP contribution < -0.4 is 10.6 Å². The number of nitrogens with one attached hydrogen (secondary N) is 2. The van der Waals surface area contributed by atoms with Gasteiger partial charge in [-0.1, -0.05) is 6.08 Å². The molecule has 4 nitrogen and oxygen atoms in total. The molecule has 0 heterocycles. The lowest BCUT2D eigenvalue weighted by Crippen LogP contribution is -2.44. The number of thioether (sulfide) groups is 1. The van der Waals surface area contributed by atoms with Crippen LogP contribution in [0.2, 0.25) is 0 Å². The molecule has 1 atom stereocenters. The lowest BCUT2D eigenvalue weighted by atomic mass is 10.4. The van der Waals surface area contributed by atoms with Crippen molar-refractivity contribution in [1.29, 1.82) is 0 Å². The third-order valence-electron chi connectivity index (χ3n) is 1.80. The maximum absolute atomic E-state index is 5.05. The Morgan fingerprint density at radius 2 is 2.38 bits per heavy atom. The van der Waals surface area contributed by atoms with Crippen molar-refractivity contribution >= 4 is 17.7 Å². The van der Waals surface area contributed by atoms with Gasteiger partial charge in [0.25, 0.3) is 0 Å². The molecule has 16 heavy (non-hydrogen) atoms. The smallest absolute Gasteiger partial charge is 0.191 e. The minimum Gasteiger partial charge on any atom is -0.383 e. The molecule has 0 aliphatic carbocycles. The first kappa shape index (κ1) is 15.3. The summed E-state index contributed by atoms with van der Waals surface area (Å²) in [4.78, 5) is 4.14. The molecule has 0 saturated carbocycles. The van der Waals surface area contributed by atoms with Crippen LogP contribution in [-0.2, 0) is 4.74 Å². The number of methoxy groups -OCH3 is 1. The summed E-state index contributed by atoms with van der Waals surface area (Å²) in [5, 5.41) is 6.49. The molecule has 5 heteroatoms. The van der Waals surface area contributed by atoms with E-state index in [-0.39, 0.29) is 6.04 Å². The van der Waals surface area contributed by atoms with Crippen LogP contribution in [0.25, 0.3) is 0 Å². The van der Waals surface area contributed by atoms with E-state index < -0.39 is 0 Å². The summed E-state index contributed by atoms with van der Waals surface area (Å²) < 4.78 is 5.05. The van der Waals surface area contributed by atoms with Gasteiger partial charge in [-0.05, 0) is 6.92 Å². The maximum Gasteiger partial charge on any atom is 0.191 e. The summed E-state index contributed by atoms with van der Waals surface area (Å²) in [7, 11) is 3.46. The van der Waals surface area contributed by atoms with E-state index in [2.05, 4.69) is 29.1 Å². The van der Waals surface area contributed by atoms with Gasteiger partial charge in [0.1, 0.15) is 0 Å². The SMILES string of the molecule is C=CCSCCNC(=NC)NC(C)COC. The molecule has 0 spiro atoms. The van der Waals surface area contributed by atoms with Crippen LogP contribution in [0.1, 0.15) is 6.92 Å². The summed E-state index contributed by atoms with van der Waals surface area (Å²) in [5.41, 5.74) is 0. The van der Waals surface area contributed by atoms with E-state index in [0.29, 0.717) is 6.61 Å². The second-order valence-electron chi connectivity index (χ2n) is 3.36. The summed E-state index contributed by atoms with van der Waals surface area (Å²) in [6.07, 6.45) is 1.92.